The van der Waals surface area contributed by atoms with Crippen LogP contribution in [0.2, 0.25) is 0 Å². The molecule has 1 aliphatic heterocycles. The minimum absolute atomic E-state index is 0.0618. The Bertz CT molecular complexity index is 884. The van der Waals surface area contributed by atoms with Gasteiger partial charge in [-0.05, 0) is 31.9 Å². The van der Waals surface area contributed by atoms with Crippen molar-refractivity contribution in [1.29, 1.82) is 0 Å². The number of hydrogen-bond acceptors (Lipinski definition) is 7. The van der Waals surface area contributed by atoms with Crippen molar-refractivity contribution < 1.29 is 22.5 Å². The molecule has 1 saturated heterocycles. The molecule has 2 heterocycles. The smallest absolute Gasteiger partial charge is 0.309 e. The average molecular weight is 393 g/mol. The molecule has 0 bridgehead atoms. The van der Waals surface area contributed by atoms with Gasteiger partial charge in [0.05, 0.1) is 10.8 Å². The standard InChI is InChI=1S/C18H23N3O5S/c1-3-16-19-17(26-20-16)12-25-18(22)14-8-10-21(11-9-14)27(23,24)15-6-4-13(2)5-7-15/h4-7,14H,3,8-12H2,1-2H3. The van der Waals surface area contributed by atoms with Crippen molar-refractivity contribution in [3.8, 4) is 0 Å². The summed E-state index contributed by atoms with van der Waals surface area (Å²) in [5.41, 5.74) is 1.00. The average Bonchev–Trinajstić information content (AvgIpc) is 3.15. The molecule has 1 fully saturated rings. The molecule has 0 radical (unpaired) electrons. The minimum atomic E-state index is -3.54. The highest BCUT2D eigenvalue weighted by Gasteiger charge is 2.32. The summed E-state index contributed by atoms with van der Waals surface area (Å²) in [6.45, 7) is 4.32. The second-order valence-electron chi connectivity index (χ2n) is 6.56. The molecular weight excluding hydrogens is 370 g/mol. The molecular formula is C18H23N3O5S. The summed E-state index contributed by atoms with van der Waals surface area (Å²) in [5.74, 6) is 0.136. The molecule has 0 atom stereocenters. The second-order valence-corrected chi connectivity index (χ2v) is 8.49. The van der Waals surface area contributed by atoms with E-state index in [-0.39, 0.29) is 42.4 Å². The lowest BCUT2D eigenvalue weighted by molar-refractivity contribution is -0.152. The zero-order valence-electron chi connectivity index (χ0n) is 15.4. The summed E-state index contributed by atoms with van der Waals surface area (Å²) < 4.78 is 37.0. The van der Waals surface area contributed by atoms with E-state index in [9.17, 15) is 13.2 Å². The van der Waals surface area contributed by atoms with Gasteiger partial charge in [0.1, 0.15) is 0 Å². The van der Waals surface area contributed by atoms with Crippen LogP contribution in [0.5, 0.6) is 0 Å². The summed E-state index contributed by atoms with van der Waals surface area (Å²) in [4.78, 5) is 16.6. The number of sulfonamides is 1. The van der Waals surface area contributed by atoms with Crippen molar-refractivity contribution in [3.63, 3.8) is 0 Å². The highest BCUT2D eigenvalue weighted by atomic mass is 32.2. The highest BCUT2D eigenvalue weighted by Crippen LogP contribution is 2.25. The van der Waals surface area contributed by atoms with Gasteiger partial charge in [0, 0.05) is 19.5 Å². The first-order valence-electron chi connectivity index (χ1n) is 8.95. The minimum Gasteiger partial charge on any atom is -0.455 e. The van der Waals surface area contributed by atoms with Crippen LogP contribution in [0, 0.1) is 12.8 Å². The number of benzene rings is 1. The first-order chi connectivity index (χ1) is 12.9. The van der Waals surface area contributed by atoms with E-state index < -0.39 is 10.0 Å². The van der Waals surface area contributed by atoms with Crippen molar-refractivity contribution in [2.24, 2.45) is 5.92 Å². The van der Waals surface area contributed by atoms with E-state index in [0.717, 1.165) is 5.56 Å². The molecule has 0 aliphatic carbocycles. The van der Waals surface area contributed by atoms with Crippen molar-refractivity contribution in [2.75, 3.05) is 13.1 Å². The van der Waals surface area contributed by atoms with Gasteiger partial charge in [0.25, 0.3) is 5.89 Å². The van der Waals surface area contributed by atoms with Crippen molar-refractivity contribution >= 4 is 16.0 Å². The number of carbonyl (C=O) groups is 1. The number of hydrogen-bond donors (Lipinski definition) is 0. The number of aryl methyl sites for hydroxylation is 2. The number of nitrogens with zero attached hydrogens (tertiary/aromatic N) is 3. The van der Waals surface area contributed by atoms with E-state index in [2.05, 4.69) is 10.1 Å². The Balaban J connectivity index is 1.53. The Morgan fingerprint density at radius 3 is 2.52 bits per heavy atom. The normalized spacial score (nSPS) is 16.4. The van der Waals surface area contributed by atoms with Gasteiger partial charge in [0.2, 0.25) is 10.0 Å². The SMILES string of the molecule is CCc1noc(COC(=O)C2CCN(S(=O)(=O)c3ccc(C)cc3)CC2)n1. The third kappa shape index (κ3) is 4.54. The van der Waals surface area contributed by atoms with E-state index >= 15 is 0 Å². The Hall–Kier alpha value is -2.26. The van der Waals surface area contributed by atoms with Crippen LogP contribution < -0.4 is 0 Å². The summed E-state index contributed by atoms with van der Waals surface area (Å²) in [6, 6.07) is 6.77. The number of piperidine rings is 1. The number of carbonyl (C=O) groups excluding carboxylic acids is 1. The number of esters is 1. The predicted octanol–water partition coefficient (Wildman–Crippen LogP) is 2.08. The fourth-order valence-electron chi connectivity index (χ4n) is 2.93. The van der Waals surface area contributed by atoms with Gasteiger partial charge in [-0.2, -0.15) is 9.29 Å². The lowest BCUT2D eigenvalue weighted by Gasteiger charge is -2.30. The highest BCUT2D eigenvalue weighted by molar-refractivity contribution is 7.89. The molecule has 9 heteroatoms. The van der Waals surface area contributed by atoms with Crippen LogP contribution in [0.3, 0.4) is 0 Å². The third-order valence-electron chi connectivity index (χ3n) is 4.61. The summed E-state index contributed by atoms with van der Waals surface area (Å²) in [6.07, 6.45) is 1.49. The number of rotatable bonds is 6. The lowest BCUT2D eigenvalue weighted by atomic mass is 9.98. The van der Waals surface area contributed by atoms with E-state index in [1.807, 2.05) is 13.8 Å². The van der Waals surface area contributed by atoms with Gasteiger partial charge in [0.15, 0.2) is 12.4 Å². The van der Waals surface area contributed by atoms with Gasteiger partial charge in [-0.3, -0.25) is 4.79 Å². The Labute approximate surface area is 158 Å². The van der Waals surface area contributed by atoms with Gasteiger partial charge in [-0.1, -0.05) is 29.8 Å². The Kier molecular flexibility index (Phi) is 5.91. The predicted molar refractivity (Wildman–Crippen MR) is 96.1 cm³/mol. The van der Waals surface area contributed by atoms with Crippen molar-refractivity contribution in [3.05, 3.63) is 41.5 Å². The third-order valence-corrected chi connectivity index (χ3v) is 6.52. The van der Waals surface area contributed by atoms with Crippen LogP contribution in [-0.4, -0.2) is 41.9 Å². The zero-order chi connectivity index (χ0) is 19.4. The van der Waals surface area contributed by atoms with E-state index in [0.29, 0.717) is 25.1 Å². The number of ether oxygens (including phenoxy) is 1. The van der Waals surface area contributed by atoms with Gasteiger partial charge < -0.3 is 9.26 Å². The molecule has 1 aliphatic rings. The van der Waals surface area contributed by atoms with Crippen molar-refractivity contribution in [1.82, 2.24) is 14.4 Å². The molecule has 3 rings (SSSR count). The topological polar surface area (TPSA) is 103 Å². The van der Waals surface area contributed by atoms with Crippen LogP contribution in [0.1, 0.15) is 37.0 Å². The molecule has 146 valence electrons. The van der Waals surface area contributed by atoms with Crippen molar-refractivity contribution in [2.45, 2.75) is 44.6 Å². The van der Waals surface area contributed by atoms with Gasteiger partial charge in [-0.15, -0.1) is 0 Å². The first-order valence-corrected chi connectivity index (χ1v) is 10.4. The largest absolute Gasteiger partial charge is 0.455 e. The fourth-order valence-corrected chi connectivity index (χ4v) is 4.40. The maximum atomic E-state index is 12.7. The molecule has 2 aromatic rings. The summed E-state index contributed by atoms with van der Waals surface area (Å²) in [5, 5.41) is 3.75. The molecule has 1 aromatic carbocycles. The quantitative estimate of drug-likeness (QED) is 0.692. The van der Waals surface area contributed by atoms with Crippen LogP contribution in [0.4, 0.5) is 0 Å². The van der Waals surface area contributed by atoms with E-state index in [1.54, 1.807) is 24.3 Å². The van der Waals surface area contributed by atoms with Crippen LogP contribution in [0.25, 0.3) is 0 Å². The fraction of sp³-hybridized carbons (Fsp3) is 0.500. The van der Waals surface area contributed by atoms with Crippen LogP contribution >= 0.6 is 0 Å². The number of aromatic nitrogens is 2. The Morgan fingerprint density at radius 1 is 1.26 bits per heavy atom. The molecule has 1 aromatic heterocycles. The monoisotopic (exact) mass is 393 g/mol. The van der Waals surface area contributed by atoms with Crippen LogP contribution in [-0.2, 0) is 32.6 Å². The molecule has 0 unspecified atom stereocenters. The molecule has 0 saturated carbocycles. The molecule has 0 spiro atoms. The first kappa shape index (κ1) is 19.5. The molecule has 8 nitrogen and oxygen atoms in total. The second kappa shape index (κ2) is 8.18. The summed E-state index contributed by atoms with van der Waals surface area (Å²) in [7, 11) is -3.54. The van der Waals surface area contributed by atoms with E-state index in [1.165, 1.54) is 4.31 Å². The lowest BCUT2D eigenvalue weighted by Crippen LogP contribution is -2.40. The maximum Gasteiger partial charge on any atom is 0.309 e. The molecule has 0 N–H and O–H groups in total. The van der Waals surface area contributed by atoms with E-state index in [4.69, 9.17) is 9.26 Å². The van der Waals surface area contributed by atoms with Gasteiger partial charge in [-0.25, -0.2) is 8.42 Å². The maximum absolute atomic E-state index is 12.7. The van der Waals surface area contributed by atoms with Gasteiger partial charge >= 0.3 is 5.97 Å². The Morgan fingerprint density at radius 2 is 1.93 bits per heavy atom. The molecule has 0 amide bonds. The molecule has 27 heavy (non-hydrogen) atoms. The zero-order valence-corrected chi connectivity index (χ0v) is 16.2. The van der Waals surface area contributed by atoms with Crippen LogP contribution in [0.15, 0.2) is 33.7 Å². The summed E-state index contributed by atoms with van der Waals surface area (Å²) >= 11 is 0.